The minimum atomic E-state index is -0.845. The highest BCUT2D eigenvalue weighted by Crippen LogP contribution is 2.28. The summed E-state index contributed by atoms with van der Waals surface area (Å²) in [5.74, 6) is 0.247. The zero-order valence-electron chi connectivity index (χ0n) is 11.8. The maximum atomic E-state index is 10.9. The van der Waals surface area contributed by atoms with Crippen LogP contribution in [-0.2, 0) is 0 Å². The van der Waals surface area contributed by atoms with E-state index < -0.39 is 10.5 Å². The maximum absolute atomic E-state index is 10.9. The number of nitrogens with two attached hydrogens (primary N) is 1. The highest BCUT2D eigenvalue weighted by atomic mass is 16.6. The van der Waals surface area contributed by atoms with Crippen LogP contribution in [0.4, 0.5) is 5.69 Å². The van der Waals surface area contributed by atoms with Crippen LogP contribution in [0.25, 0.3) is 0 Å². The molecule has 6 heteroatoms. The smallest absolute Gasteiger partial charge is 0.311 e. The molecule has 0 amide bonds. The number of ether oxygens (including phenoxy) is 1. The Kier molecular flexibility index (Phi) is 5.47. The van der Waals surface area contributed by atoms with Crippen LogP contribution in [-0.4, -0.2) is 17.1 Å². The third kappa shape index (κ3) is 4.21. The molecule has 1 unspecified atom stereocenters. The van der Waals surface area contributed by atoms with Gasteiger partial charge in [0.15, 0.2) is 5.75 Å². The third-order valence-electron chi connectivity index (χ3n) is 3.19. The van der Waals surface area contributed by atoms with Crippen molar-refractivity contribution in [1.82, 2.24) is 0 Å². The Labute approximate surface area is 118 Å². The van der Waals surface area contributed by atoms with E-state index in [9.17, 15) is 10.1 Å². The van der Waals surface area contributed by atoms with E-state index in [-0.39, 0.29) is 11.4 Å². The van der Waals surface area contributed by atoms with Crippen LogP contribution in [0.2, 0.25) is 0 Å². The van der Waals surface area contributed by atoms with Gasteiger partial charge in [-0.2, -0.15) is 5.26 Å². The van der Waals surface area contributed by atoms with Gasteiger partial charge in [0.1, 0.15) is 5.54 Å². The lowest BCUT2D eigenvalue weighted by molar-refractivity contribution is -0.385. The first-order chi connectivity index (χ1) is 9.41. The Hall–Kier alpha value is -2.13. The molecule has 0 saturated heterocycles. The molecule has 1 rings (SSSR count). The van der Waals surface area contributed by atoms with Crippen LogP contribution >= 0.6 is 0 Å². The highest BCUT2D eigenvalue weighted by molar-refractivity contribution is 5.48. The van der Waals surface area contributed by atoms with Crippen molar-refractivity contribution in [1.29, 1.82) is 5.26 Å². The van der Waals surface area contributed by atoms with E-state index in [1.54, 1.807) is 19.1 Å². The molecule has 0 aliphatic heterocycles. The first-order valence-electron chi connectivity index (χ1n) is 6.50. The van der Waals surface area contributed by atoms with Gasteiger partial charge < -0.3 is 10.5 Å². The second-order valence-electron chi connectivity index (χ2n) is 4.80. The number of nitriles is 1. The zero-order chi connectivity index (χ0) is 15.2. The zero-order valence-corrected chi connectivity index (χ0v) is 11.8. The molecule has 2 N–H and O–H groups in total. The molecule has 0 saturated carbocycles. The van der Waals surface area contributed by atoms with Crippen molar-refractivity contribution in [2.75, 3.05) is 6.61 Å². The van der Waals surface area contributed by atoms with Gasteiger partial charge in [0.2, 0.25) is 0 Å². The number of aryl methyl sites for hydroxylation is 1. The fourth-order valence-corrected chi connectivity index (χ4v) is 1.77. The van der Waals surface area contributed by atoms with Crippen molar-refractivity contribution in [3.8, 4) is 11.8 Å². The summed E-state index contributed by atoms with van der Waals surface area (Å²) in [6.45, 7) is 3.94. The molecule has 20 heavy (non-hydrogen) atoms. The minimum absolute atomic E-state index is 0.0419. The van der Waals surface area contributed by atoms with Gasteiger partial charge in [-0.1, -0.05) is 13.0 Å². The molecular weight excluding hydrogens is 258 g/mol. The molecule has 108 valence electrons. The quantitative estimate of drug-likeness (QED) is 0.469. The van der Waals surface area contributed by atoms with Crippen LogP contribution < -0.4 is 10.5 Å². The molecule has 1 atom stereocenters. The van der Waals surface area contributed by atoms with Gasteiger partial charge in [0.05, 0.1) is 17.6 Å². The first-order valence-corrected chi connectivity index (χ1v) is 6.50. The maximum Gasteiger partial charge on any atom is 0.311 e. The predicted octanol–water partition coefficient (Wildman–Crippen LogP) is 2.69. The fraction of sp³-hybridized carbons (Fsp3) is 0.500. The second-order valence-corrected chi connectivity index (χ2v) is 4.80. The molecule has 6 nitrogen and oxygen atoms in total. The Morgan fingerprint density at radius 3 is 2.80 bits per heavy atom. The van der Waals surface area contributed by atoms with Crippen molar-refractivity contribution in [3.63, 3.8) is 0 Å². The van der Waals surface area contributed by atoms with Gasteiger partial charge in [-0.25, -0.2) is 0 Å². The summed E-state index contributed by atoms with van der Waals surface area (Å²) in [4.78, 5) is 10.5. The summed E-state index contributed by atoms with van der Waals surface area (Å²) in [5, 5.41) is 19.9. The average molecular weight is 277 g/mol. The van der Waals surface area contributed by atoms with Crippen molar-refractivity contribution in [3.05, 3.63) is 33.9 Å². The molecule has 0 bridgehead atoms. The molecule has 0 aliphatic rings. The summed E-state index contributed by atoms with van der Waals surface area (Å²) < 4.78 is 5.43. The predicted molar refractivity (Wildman–Crippen MR) is 75.4 cm³/mol. The average Bonchev–Trinajstić information content (AvgIpc) is 2.44. The molecule has 0 spiro atoms. The number of hydrogen-bond acceptors (Lipinski definition) is 5. The van der Waals surface area contributed by atoms with E-state index in [1.807, 2.05) is 6.92 Å². The van der Waals surface area contributed by atoms with Crippen molar-refractivity contribution in [2.45, 2.75) is 38.6 Å². The number of rotatable bonds is 7. The molecule has 1 aromatic carbocycles. The second kappa shape index (κ2) is 6.87. The number of nitro benzene ring substituents is 1. The fourth-order valence-electron chi connectivity index (χ4n) is 1.77. The lowest BCUT2D eigenvalue weighted by Crippen LogP contribution is -2.37. The number of nitro groups is 1. The van der Waals surface area contributed by atoms with Crippen molar-refractivity contribution >= 4 is 5.69 Å². The van der Waals surface area contributed by atoms with Gasteiger partial charge in [-0.15, -0.1) is 0 Å². The molecule has 0 aromatic heterocycles. The van der Waals surface area contributed by atoms with Crippen LogP contribution in [0.1, 0.15) is 31.7 Å². The minimum Gasteiger partial charge on any atom is -0.487 e. The van der Waals surface area contributed by atoms with Crippen LogP contribution in [0.5, 0.6) is 5.75 Å². The Balaban J connectivity index is 2.59. The largest absolute Gasteiger partial charge is 0.487 e. The van der Waals surface area contributed by atoms with Gasteiger partial charge in [0, 0.05) is 6.07 Å². The lowest BCUT2D eigenvalue weighted by Gasteiger charge is -2.18. The van der Waals surface area contributed by atoms with E-state index in [4.69, 9.17) is 15.7 Å². The van der Waals surface area contributed by atoms with E-state index in [1.165, 1.54) is 6.07 Å². The molecule has 1 aromatic rings. The van der Waals surface area contributed by atoms with E-state index in [2.05, 4.69) is 6.07 Å². The van der Waals surface area contributed by atoms with E-state index in [0.29, 0.717) is 25.9 Å². The number of benzene rings is 1. The topological polar surface area (TPSA) is 102 Å². The van der Waals surface area contributed by atoms with Gasteiger partial charge in [-0.3, -0.25) is 10.1 Å². The van der Waals surface area contributed by atoms with Crippen molar-refractivity contribution < 1.29 is 9.66 Å². The van der Waals surface area contributed by atoms with Gasteiger partial charge in [-0.05, 0) is 37.8 Å². The van der Waals surface area contributed by atoms with Crippen LogP contribution in [0.15, 0.2) is 18.2 Å². The lowest BCUT2D eigenvalue weighted by atomic mass is 9.94. The third-order valence-corrected chi connectivity index (χ3v) is 3.19. The number of nitrogens with zero attached hydrogens (tertiary/aromatic N) is 2. The molecular formula is C14H19N3O3. The Morgan fingerprint density at radius 2 is 2.25 bits per heavy atom. The highest BCUT2D eigenvalue weighted by Gasteiger charge is 2.21. The summed E-state index contributed by atoms with van der Waals surface area (Å²) in [7, 11) is 0. The summed E-state index contributed by atoms with van der Waals surface area (Å²) in [5.41, 5.74) is 5.77. The Bertz CT molecular complexity index is 525. The molecule has 0 fully saturated rings. The summed E-state index contributed by atoms with van der Waals surface area (Å²) in [6, 6.07) is 6.91. The first kappa shape index (κ1) is 15.9. The van der Waals surface area contributed by atoms with Gasteiger partial charge in [0.25, 0.3) is 0 Å². The van der Waals surface area contributed by atoms with E-state index in [0.717, 1.165) is 5.56 Å². The van der Waals surface area contributed by atoms with Crippen LogP contribution in [0.3, 0.4) is 0 Å². The molecule has 0 aliphatic carbocycles. The summed E-state index contributed by atoms with van der Waals surface area (Å²) in [6.07, 6.45) is 1.64. The molecule has 0 heterocycles. The van der Waals surface area contributed by atoms with Crippen LogP contribution in [0, 0.1) is 28.4 Å². The summed E-state index contributed by atoms with van der Waals surface area (Å²) >= 11 is 0. The van der Waals surface area contributed by atoms with Crippen molar-refractivity contribution in [2.24, 2.45) is 5.73 Å². The standard InChI is InChI=1S/C14H19N3O3/c1-3-14(16,10-15)7-4-8-20-13-6-5-11(2)9-12(13)17(18)19/h5-6,9H,3-4,7-8,16H2,1-2H3. The van der Waals surface area contributed by atoms with Gasteiger partial charge >= 0.3 is 5.69 Å². The van der Waals surface area contributed by atoms with E-state index >= 15 is 0 Å². The number of hydrogen-bond donors (Lipinski definition) is 1. The Morgan fingerprint density at radius 1 is 1.55 bits per heavy atom. The normalized spacial score (nSPS) is 13.3. The molecule has 0 radical (unpaired) electrons. The monoisotopic (exact) mass is 277 g/mol. The SMILES string of the molecule is CCC(N)(C#N)CCCOc1ccc(C)cc1[N+](=O)[O-].